The molecule has 0 radical (unpaired) electrons. The molecule has 2 N–H and O–H groups in total. The Morgan fingerprint density at radius 1 is 1.11 bits per heavy atom. The van der Waals surface area contributed by atoms with E-state index in [1.54, 1.807) is 36.4 Å². The standard InChI is InChI=1S/C13H12ClNO2S2/c1-19(16,17)11-5-3-10(4-6-11)18-13-7-2-9(14)8-12(13)15/h2-8H,15H2,1H3. The van der Waals surface area contributed by atoms with Gasteiger partial charge in [0, 0.05) is 26.8 Å². The van der Waals surface area contributed by atoms with Crippen LogP contribution in [-0.4, -0.2) is 14.7 Å². The quantitative estimate of drug-likeness (QED) is 0.881. The summed E-state index contributed by atoms with van der Waals surface area (Å²) in [5.41, 5.74) is 6.47. The molecule has 0 aliphatic carbocycles. The van der Waals surface area contributed by atoms with E-state index in [0.29, 0.717) is 15.6 Å². The third kappa shape index (κ3) is 3.65. The molecule has 0 bridgehead atoms. The van der Waals surface area contributed by atoms with Crippen LogP contribution in [0.25, 0.3) is 0 Å². The lowest BCUT2D eigenvalue weighted by atomic mass is 10.3. The largest absolute Gasteiger partial charge is 0.398 e. The molecular weight excluding hydrogens is 302 g/mol. The van der Waals surface area contributed by atoms with Gasteiger partial charge in [0.05, 0.1) is 4.90 Å². The lowest BCUT2D eigenvalue weighted by Gasteiger charge is -2.06. The van der Waals surface area contributed by atoms with Crippen LogP contribution < -0.4 is 5.73 Å². The van der Waals surface area contributed by atoms with Gasteiger partial charge in [-0.15, -0.1) is 0 Å². The molecule has 0 saturated carbocycles. The fraction of sp³-hybridized carbons (Fsp3) is 0.0769. The summed E-state index contributed by atoms with van der Waals surface area (Å²) in [6.07, 6.45) is 1.19. The van der Waals surface area contributed by atoms with Crippen LogP contribution in [0.3, 0.4) is 0 Å². The minimum atomic E-state index is -3.16. The van der Waals surface area contributed by atoms with Gasteiger partial charge in [-0.25, -0.2) is 8.42 Å². The van der Waals surface area contributed by atoms with Crippen molar-refractivity contribution in [2.45, 2.75) is 14.7 Å². The van der Waals surface area contributed by atoms with Crippen molar-refractivity contribution >= 4 is 38.9 Å². The van der Waals surface area contributed by atoms with Crippen LogP contribution in [0.4, 0.5) is 5.69 Å². The van der Waals surface area contributed by atoms with Gasteiger partial charge in [-0.3, -0.25) is 0 Å². The van der Waals surface area contributed by atoms with Crippen molar-refractivity contribution < 1.29 is 8.42 Å². The molecule has 0 atom stereocenters. The summed E-state index contributed by atoms with van der Waals surface area (Å²) in [6.45, 7) is 0. The van der Waals surface area contributed by atoms with E-state index >= 15 is 0 Å². The highest BCUT2D eigenvalue weighted by molar-refractivity contribution is 7.99. The zero-order chi connectivity index (χ0) is 14.0. The number of sulfone groups is 1. The minimum absolute atomic E-state index is 0.306. The first-order valence-corrected chi connectivity index (χ1v) is 8.48. The Balaban J connectivity index is 2.25. The average Bonchev–Trinajstić information content (AvgIpc) is 2.32. The van der Waals surface area contributed by atoms with Gasteiger partial charge in [-0.05, 0) is 42.5 Å². The second kappa shape index (κ2) is 5.45. The second-order valence-corrected chi connectivity index (χ2v) is 7.60. The van der Waals surface area contributed by atoms with Gasteiger partial charge < -0.3 is 5.73 Å². The lowest BCUT2D eigenvalue weighted by Crippen LogP contribution is -1.96. The Kier molecular flexibility index (Phi) is 4.08. The van der Waals surface area contributed by atoms with Gasteiger partial charge in [0.1, 0.15) is 0 Å². The molecule has 2 aromatic rings. The van der Waals surface area contributed by atoms with Gasteiger partial charge in [0.15, 0.2) is 9.84 Å². The fourth-order valence-electron chi connectivity index (χ4n) is 1.49. The number of rotatable bonds is 3. The maximum Gasteiger partial charge on any atom is 0.175 e. The third-order valence-electron chi connectivity index (χ3n) is 2.45. The van der Waals surface area contributed by atoms with Crippen LogP contribution in [0.1, 0.15) is 0 Å². The van der Waals surface area contributed by atoms with Crippen LogP contribution in [0.5, 0.6) is 0 Å². The van der Waals surface area contributed by atoms with Crippen molar-refractivity contribution in [3.63, 3.8) is 0 Å². The molecule has 0 spiro atoms. The molecular formula is C13H12ClNO2S2. The summed E-state index contributed by atoms with van der Waals surface area (Å²) in [4.78, 5) is 2.11. The average molecular weight is 314 g/mol. The highest BCUT2D eigenvalue weighted by Crippen LogP contribution is 2.33. The molecule has 19 heavy (non-hydrogen) atoms. The monoisotopic (exact) mass is 313 g/mol. The van der Waals surface area contributed by atoms with Crippen molar-refractivity contribution in [3.05, 3.63) is 47.5 Å². The zero-order valence-corrected chi connectivity index (χ0v) is 12.5. The van der Waals surface area contributed by atoms with E-state index in [2.05, 4.69) is 0 Å². The van der Waals surface area contributed by atoms with Gasteiger partial charge in [-0.2, -0.15) is 0 Å². The fourth-order valence-corrected chi connectivity index (χ4v) is 3.14. The van der Waals surface area contributed by atoms with E-state index in [4.69, 9.17) is 17.3 Å². The van der Waals surface area contributed by atoms with E-state index in [-0.39, 0.29) is 0 Å². The second-order valence-electron chi connectivity index (χ2n) is 4.03. The van der Waals surface area contributed by atoms with Crippen molar-refractivity contribution in [1.29, 1.82) is 0 Å². The number of nitrogen functional groups attached to an aromatic ring is 1. The van der Waals surface area contributed by atoms with Gasteiger partial charge in [0.25, 0.3) is 0 Å². The molecule has 0 saturated heterocycles. The SMILES string of the molecule is CS(=O)(=O)c1ccc(Sc2ccc(Cl)cc2N)cc1. The van der Waals surface area contributed by atoms with Gasteiger partial charge in [-0.1, -0.05) is 23.4 Å². The predicted molar refractivity (Wildman–Crippen MR) is 79.5 cm³/mol. The van der Waals surface area contributed by atoms with E-state index in [9.17, 15) is 8.42 Å². The van der Waals surface area contributed by atoms with E-state index < -0.39 is 9.84 Å². The first-order valence-electron chi connectivity index (χ1n) is 5.39. The van der Waals surface area contributed by atoms with Crippen LogP contribution in [0.15, 0.2) is 57.2 Å². The summed E-state index contributed by atoms with van der Waals surface area (Å²) in [5, 5.41) is 0.592. The van der Waals surface area contributed by atoms with Crippen LogP contribution >= 0.6 is 23.4 Å². The molecule has 3 nitrogen and oxygen atoms in total. The van der Waals surface area contributed by atoms with Crippen molar-refractivity contribution in [3.8, 4) is 0 Å². The molecule has 0 aliphatic rings. The summed E-state index contributed by atoms with van der Waals surface area (Å²) >= 11 is 7.30. The molecule has 0 amide bonds. The lowest BCUT2D eigenvalue weighted by molar-refractivity contribution is 0.602. The van der Waals surface area contributed by atoms with E-state index in [0.717, 1.165) is 9.79 Å². The Morgan fingerprint density at radius 2 is 1.74 bits per heavy atom. The number of halogens is 1. The molecule has 0 heterocycles. The predicted octanol–water partition coefficient (Wildman–Crippen LogP) is 3.48. The summed E-state index contributed by atoms with van der Waals surface area (Å²) in [7, 11) is -3.16. The van der Waals surface area contributed by atoms with Crippen molar-refractivity contribution in [2.75, 3.05) is 12.0 Å². The van der Waals surface area contributed by atoms with Crippen molar-refractivity contribution in [1.82, 2.24) is 0 Å². The zero-order valence-electron chi connectivity index (χ0n) is 10.1. The van der Waals surface area contributed by atoms with E-state index in [1.165, 1.54) is 18.0 Å². The molecule has 0 fully saturated rings. The first kappa shape index (κ1) is 14.2. The number of hydrogen-bond donors (Lipinski definition) is 1. The summed E-state index contributed by atoms with van der Waals surface area (Å²) < 4.78 is 22.7. The summed E-state index contributed by atoms with van der Waals surface area (Å²) in [6, 6.07) is 12.0. The smallest absolute Gasteiger partial charge is 0.175 e. The molecule has 2 aromatic carbocycles. The normalized spacial score (nSPS) is 11.5. The van der Waals surface area contributed by atoms with E-state index in [1.807, 2.05) is 6.07 Å². The topological polar surface area (TPSA) is 60.2 Å². The maximum absolute atomic E-state index is 11.4. The molecule has 100 valence electrons. The Labute approximate surface area is 121 Å². The number of hydrogen-bond acceptors (Lipinski definition) is 4. The highest BCUT2D eigenvalue weighted by atomic mass is 35.5. The highest BCUT2D eigenvalue weighted by Gasteiger charge is 2.07. The van der Waals surface area contributed by atoms with Crippen LogP contribution in [-0.2, 0) is 9.84 Å². The molecule has 6 heteroatoms. The van der Waals surface area contributed by atoms with Crippen LogP contribution in [0, 0.1) is 0 Å². The maximum atomic E-state index is 11.4. The molecule has 0 unspecified atom stereocenters. The number of benzene rings is 2. The Morgan fingerprint density at radius 3 is 2.26 bits per heavy atom. The summed E-state index contributed by atoms with van der Waals surface area (Å²) in [5.74, 6) is 0. The molecule has 0 aliphatic heterocycles. The van der Waals surface area contributed by atoms with Gasteiger partial charge in [0.2, 0.25) is 0 Å². The van der Waals surface area contributed by atoms with Gasteiger partial charge >= 0.3 is 0 Å². The minimum Gasteiger partial charge on any atom is -0.398 e. The number of anilines is 1. The number of nitrogens with two attached hydrogens (primary N) is 1. The van der Waals surface area contributed by atoms with Crippen molar-refractivity contribution in [2.24, 2.45) is 0 Å². The Bertz CT molecular complexity index is 697. The van der Waals surface area contributed by atoms with Crippen LogP contribution in [0.2, 0.25) is 5.02 Å². The molecule has 0 aromatic heterocycles. The molecule has 2 rings (SSSR count). The first-order chi connectivity index (χ1) is 8.86. The third-order valence-corrected chi connectivity index (χ3v) is 4.91. The Hall–Kier alpha value is -1.17.